The molecule has 16 rings (SSSR count). The molecule has 82 heavy (non-hydrogen) atoms. The molecule has 14 aromatic rings. The number of para-hydroxylation sites is 2. The van der Waals surface area contributed by atoms with Crippen molar-refractivity contribution in [2.45, 2.75) is 24.7 Å². The molecule has 0 aromatic heterocycles. The highest BCUT2D eigenvalue weighted by atomic mass is 15.1. The van der Waals surface area contributed by atoms with Crippen molar-refractivity contribution >= 4 is 66.4 Å². The number of anilines is 6. The van der Waals surface area contributed by atoms with Crippen LogP contribution < -0.4 is 9.80 Å². The maximum atomic E-state index is 2.48. The second kappa shape index (κ2) is 18.7. The molecule has 0 heterocycles. The number of nitrogens with zero attached hydrogens (tertiary/aromatic N) is 2. The van der Waals surface area contributed by atoms with Gasteiger partial charge in [0.15, 0.2) is 0 Å². The van der Waals surface area contributed by atoms with Gasteiger partial charge in [-0.05, 0) is 174 Å². The Morgan fingerprint density at radius 3 is 0.817 bits per heavy atom. The predicted octanol–water partition coefficient (Wildman–Crippen LogP) is 20.9. The lowest BCUT2D eigenvalue weighted by atomic mass is 9.68. The number of aryl methyl sites for hydroxylation is 2. The van der Waals surface area contributed by atoms with E-state index in [-0.39, 0.29) is 0 Å². The smallest absolute Gasteiger partial charge is 0.0713 e. The standard InChI is InChI=1S/C80H56N2/c1-53-51-75(81(59-27-11-5-12-28-59)61-43-39-57(40-44-61)79(55-23-7-3-8-24-55)71-35-19-15-31-65(71)66-32-16-20-36-72(66)79)69-50-48-64-54(2)52-76(70-49-47-63(53)77(69)78(64)70)82(60-29-13-6-14-30-60)62-45-41-58(42-46-62)80(56-25-9-4-10-26-56)73-37-21-17-33-67(73)68-34-18-22-38-74(68)80/h3-52H,1-2H3. The van der Waals surface area contributed by atoms with Gasteiger partial charge in [0.1, 0.15) is 0 Å². The van der Waals surface area contributed by atoms with Gasteiger partial charge in [0.25, 0.3) is 0 Å². The molecule has 0 spiro atoms. The van der Waals surface area contributed by atoms with E-state index in [0.29, 0.717) is 0 Å². The largest absolute Gasteiger partial charge is 0.310 e. The van der Waals surface area contributed by atoms with E-state index < -0.39 is 10.8 Å². The van der Waals surface area contributed by atoms with Crippen molar-refractivity contribution in [2.75, 3.05) is 9.80 Å². The Balaban J connectivity index is 0.872. The summed E-state index contributed by atoms with van der Waals surface area (Å²) in [6.07, 6.45) is 0. The molecule has 0 fully saturated rings. The molecule has 2 aliphatic rings. The van der Waals surface area contributed by atoms with Crippen LogP contribution in [0.15, 0.2) is 303 Å². The Morgan fingerprint density at radius 2 is 0.488 bits per heavy atom. The SMILES string of the molecule is Cc1cc(N(c2ccccc2)c2ccc(C3(c4ccccc4)c4ccccc4-c4ccccc43)cc2)c2ccc3c(C)cc(N(c4ccccc4)c4ccc(C5(c6ccccc6)c6ccccc6-c6ccccc65)cc4)c4ccc1c2c34. The van der Waals surface area contributed by atoms with Gasteiger partial charge in [0, 0.05) is 33.5 Å². The van der Waals surface area contributed by atoms with E-state index in [1.807, 2.05) is 0 Å². The molecule has 0 bridgehead atoms. The number of fused-ring (bicyclic) bond motifs is 6. The van der Waals surface area contributed by atoms with E-state index in [1.54, 1.807) is 0 Å². The number of hydrogen-bond acceptors (Lipinski definition) is 2. The molecular formula is C80H56N2. The fraction of sp³-hybridized carbons (Fsp3) is 0.0500. The van der Waals surface area contributed by atoms with Crippen molar-refractivity contribution < 1.29 is 0 Å². The highest BCUT2D eigenvalue weighted by molar-refractivity contribution is 6.29. The molecule has 0 N–H and O–H groups in total. The van der Waals surface area contributed by atoms with E-state index in [1.165, 1.54) is 110 Å². The van der Waals surface area contributed by atoms with Crippen LogP contribution in [-0.2, 0) is 10.8 Å². The van der Waals surface area contributed by atoms with E-state index in [4.69, 9.17) is 0 Å². The molecule has 2 heteroatoms. The summed E-state index contributed by atoms with van der Waals surface area (Å²) in [5, 5.41) is 7.50. The van der Waals surface area contributed by atoms with Gasteiger partial charge in [-0.15, -0.1) is 0 Å². The molecule has 2 nitrogen and oxygen atoms in total. The van der Waals surface area contributed by atoms with Crippen LogP contribution in [0.4, 0.5) is 34.1 Å². The highest BCUT2D eigenvalue weighted by Crippen LogP contribution is 2.59. The lowest BCUT2D eigenvalue weighted by molar-refractivity contribution is 0.768. The number of rotatable bonds is 10. The third kappa shape index (κ3) is 6.82. The molecule has 0 unspecified atom stereocenters. The third-order valence-electron chi connectivity index (χ3n) is 18.2. The van der Waals surface area contributed by atoms with Gasteiger partial charge in [0.2, 0.25) is 0 Å². The van der Waals surface area contributed by atoms with Crippen molar-refractivity contribution in [1.82, 2.24) is 0 Å². The summed E-state index contributed by atoms with van der Waals surface area (Å²) in [4.78, 5) is 4.95. The van der Waals surface area contributed by atoms with Crippen LogP contribution >= 0.6 is 0 Å². The van der Waals surface area contributed by atoms with Crippen molar-refractivity contribution in [3.63, 3.8) is 0 Å². The first-order valence-corrected chi connectivity index (χ1v) is 28.7. The molecule has 0 aliphatic heterocycles. The zero-order valence-corrected chi connectivity index (χ0v) is 45.8. The van der Waals surface area contributed by atoms with Crippen molar-refractivity contribution in [1.29, 1.82) is 0 Å². The summed E-state index contributed by atoms with van der Waals surface area (Å²) in [6.45, 7) is 4.57. The molecule has 386 valence electrons. The van der Waals surface area contributed by atoms with Crippen molar-refractivity contribution in [3.8, 4) is 22.3 Å². The zero-order chi connectivity index (χ0) is 54.5. The minimum Gasteiger partial charge on any atom is -0.310 e. The summed E-state index contributed by atoms with van der Waals surface area (Å²) in [5.74, 6) is 0. The molecule has 2 aliphatic carbocycles. The van der Waals surface area contributed by atoms with Crippen LogP contribution in [0.5, 0.6) is 0 Å². The van der Waals surface area contributed by atoms with Gasteiger partial charge in [-0.3, -0.25) is 0 Å². The Hall–Kier alpha value is -10.3. The second-order valence-corrected chi connectivity index (χ2v) is 22.3. The average molecular weight is 1050 g/mol. The molecule has 14 aromatic carbocycles. The van der Waals surface area contributed by atoms with Crippen LogP contribution in [0.1, 0.15) is 55.6 Å². The maximum Gasteiger partial charge on any atom is 0.0713 e. The van der Waals surface area contributed by atoms with Crippen LogP contribution in [0.2, 0.25) is 0 Å². The zero-order valence-electron chi connectivity index (χ0n) is 45.8. The lowest BCUT2D eigenvalue weighted by Gasteiger charge is -2.35. The van der Waals surface area contributed by atoms with Crippen LogP contribution in [0.25, 0.3) is 54.6 Å². The van der Waals surface area contributed by atoms with Crippen LogP contribution in [0.3, 0.4) is 0 Å². The molecule has 0 amide bonds. The summed E-state index contributed by atoms with van der Waals surface area (Å²) >= 11 is 0. The van der Waals surface area contributed by atoms with Crippen LogP contribution in [0, 0.1) is 13.8 Å². The summed E-state index contributed by atoms with van der Waals surface area (Å²) < 4.78 is 0. The third-order valence-corrected chi connectivity index (χ3v) is 18.2. The maximum absolute atomic E-state index is 2.48. The quantitative estimate of drug-likeness (QED) is 0.126. The first kappa shape index (κ1) is 47.7. The van der Waals surface area contributed by atoms with Gasteiger partial charge in [-0.2, -0.15) is 0 Å². The van der Waals surface area contributed by atoms with Crippen molar-refractivity contribution in [3.05, 3.63) is 359 Å². The lowest BCUT2D eigenvalue weighted by Crippen LogP contribution is -2.28. The molecule has 0 saturated carbocycles. The van der Waals surface area contributed by atoms with Crippen LogP contribution in [-0.4, -0.2) is 0 Å². The number of benzene rings is 14. The highest BCUT2D eigenvalue weighted by Gasteiger charge is 2.47. The number of hydrogen-bond donors (Lipinski definition) is 0. The fourth-order valence-electron chi connectivity index (χ4n) is 14.8. The summed E-state index contributed by atoms with van der Waals surface area (Å²) in [7, 11) is 0. The van der Waals surface area contributed by atoms with Crippen molar-refractivity contribution in [2.24, 2.45) is 0 Å². The predicted molar refractivity (Wildman–Crippen MR) is 344 cm³/mol. The summed E-state index contributed by atoms with van der Waals surface area (Å²) in [5.41, 5.74) is 23.6. The van der Waals surface area contributed by atoms with Gasteiger partial charge < -0.3 is 9.80 Å². The minimum absolute atomic E-state index is 0.488. The Bertz CT molecular complexity index is 4340. The first-order valence-electron chi connectivity index (χ1n) is 28.7. The monoisotopic (exact) mass is 1040 g/mol. The van der Waals surface area contributed by atoms with E-state index in [0.717, 1.165) is 34.1 Å². The van der Waals surface area contributed by atoms with E-state index in [2.05, 4.69) is 327 Å². The topological polar surface area (TPSA) is 6.48 Å². The van der Waals surface area contributed by atoms with Gasteiger partial charge >= 0.3 is 0 Å². The normalized spacial score (nSPS) is 13.4. The van der Waals surface area contributed by atoms with Gasteiger partial charge in [-0.25, -0.2) is 0 Å². The summed E-state index contributed by atoms with van der Waals surface area (Å²) in [6, 6.07) is 113. The van der Waals surface area contributed by atoms with Gasteiger partial charge in [-0.1, -0.05) is 243 Å². The van der Waals surface area contributed by atoms with Gasteiger partial charge in [0.05, 0.1) is 22.2 Å². The first-order chi connectivity index (χ1) is 40.5. The van der Waals surface area contributed by atoms with E-state index in [9.17, 15) is 0 Å². The second-order valence-electron chi connectivity index (χ2n) is 22.3. The molecular weight excluding hydrogens is 989 g/mol. The molecule has 0 radical (unpaired) electrons. The van der Waals surface area contributed by atoms with E-state index >= 15 is 0 Å². The minimum atomic E-state index is -0.488. The Kier molecular flexibility index (Phi) is 10.9. The fourth-order valence-corrected chi connectivity index (χ4v) is 14.8. The Labute approximate surface area is 479 Å². The average Bonchev–Trinajstić information content (AvgIpc) is 2.87. The molecule has 0 atom stereocenters. The Morgan fingerprint density at radius 1 is 0.232 bits per heavy atom. The molecule has 0 saturated heterocycles.